The van der Waals surface area contributed by atoms with E-state index in [4.69, 9.17) is 5.73 Å². The Hall–Kier alpha value is -1.59. The first-order valence-electron chi connectivity index (χ1n) is 5.89. The van der Waals surface area contributed by atoms with Crippen molar-refractivity contribution in [1.82, 2.24) is 19.7 Å². The van der Waals surface area contributed by atoms with Crippen molar-refractivity contribution in [2.75, 3.05) is 18.8 Å². The van der Waals surface area contributed by atoms with Crippen LogP contribution in [0.3, 0.4) is 0 Å². The van der Waals surface area contributed by atoms with Gasteiger partial charge in [0.2, 0.25) is 11.9 Å². The molecule has 1 aliphatic heterocycles. The summed E-state index contributed by atoms with van der Waals surface area (Å²) in [6, 6.07) is 0. The molecule has 0 spiro atoms. The van der Waals surface area contributed by atoms with Crippen LogP contribution in [-0.2, 0) is 11.3 Å². The Balaban J connectivity index is 1.96. The highest BCUT2D eigenvalue weighted by atomic mass is 16.2. The number of nitrogen functional groups attached to an aromatic ring is 1. The van der Waals surface area contributed by atoms with Crippen molar-refractivity contribution in [2.45, 2.75) is 33.2 Å². The minimum atomic E-state index is 0.0858. The third kappa shape index (κ3) is 2.95. The van der Waals surface area contributed by atoms with Gasteiger partial charge in [0.05, 0.1) is 0 Å². The molecular weight excluding hydrogens is 218 g/mol. The van der Waals surface area contributed by atoms with Crippen molar-refractivity contribution >= 4 is 11.9 Å². The molecule has 1 aromatic heterocycles. The molecular formula is C11H19N5O. The van der Waals surface area contributed by atoms with Gasteiger partial charge in [-0.25, -0.2) is 9.67 Å². The quantitative estimate of drug-likeness (QED) is 0.813. The number of nitrogens with zero attached hydrogens (tertiary/aromatic N) is 4. The lowest BCUT2D eigenvalue weighted by Gasteiger charge is -2.38. The van der Waals surface area contributed by atoms with Gasteiger partial charge in [-0.3, -0.25) is 4.79 Å². The monoisotopic (exact) mass is 237 g/mol. The summed E-state index contributed by atoms with van der Waals surface area (Å²) >= 11 is 0. The summed E-state index contributed by atoms with van der Waals surface area (Å²) in [7, 11) is 0. The number of carbonyl (C=O) groups is 1. The molecule has 1 amide bonds. The van der Waals surface area contributed by atoms with E-state index in [2.05, 4.69) is 23.9 Å². The summed E-state index contributed by atoms with van der Waals surface area (Å²) in [4.78, 5) is 17.8. The second-order valence-corrected chi connectivity index (χ2v) is 5.38. The van der Waals surface area contributed by atoms with Crippen molar-refractivity contribution in [3.05, 3.63) is 6.33 Å². The molecule has 0 atom stereocenters. The molecule has 0 saturated carbocycles. The summed E-state index contributed by atoms with van der Waals surface area (Å²) < 4.78 is 1.49. The summed E-state index contributed by atoms with van der Waals surface area (Å²) in [5.41, 5.74) is 5.63. The Morgan fingerprint density at radius 2 is 2.35 bits per heavy atom. The molecule has 1 saturated heterocycles. The standard InChI is InChI=1S/C11H19N5O/c1-11(2)4-3-5-15(7-11)9(17)6-16-8-13-10(12)14-16/h8H,3-7H2,1-2H3,(H2,12,14). The highest BCUT2D eigenvalue weighted by Gasteiger charge is 2.29. The zero-order valence-corrected chi connectivity index (χ0v) is 10.4. The van der Waals surface area contributed by atoms with E-state index in [1.54, 1.807) is 0 Å². The van der Waals surface area contributed by atoms with Gasteiger partial charge in [0.1, 0.15) is 12.9 Å². The molecule has 0 radical (unpaired) electrons. The molecule has 6 nitrogen and oxygen atoms in total. The first kappa shape index (κ1) is 11.9. The van der Waals surface area contributed by atoms with E-state index in [9.17, 15) is 4.79 Å². The number of likely N-dealkylation sites (tertiary alicyclic amines) is 1. The van der Waals surface area contributed by atoms with Crippen molar-refractivity contribution in [2.24, 2.45) is 5.41 Å². The van der Waals surface area contributed by atoms with Gasteiger partial charge >= 0.3 is 0 Å². The minimum Gasteiger partial charge on any atom is -0.367 e. The van der Waals surface area contributed by atoms with Crippen LogP contribution in [0.15, 0.2) is 6.33 Å². The fraction of sp³-hybridized carbons (Fsp3) is 0.727. The van der Waals surface area contributed by atoms with Crippen LogP contribution in [0.1, 0.15) is 26.7 Å². The number of anilines is 1. The van der Waals surface area contributed by atoms with Crippen LogP contribution in [0.5, 0.6) is 0 Å². The molecule has 1 fully saturated rings. The molecule has 2 rings (SSSR count). The Kier molecular flexibility index (Phi) is 3.04. The zero-order chi connectivity index (χ0) is 12.5. The van der Waals surface area contributed by atoms with Crippen LogP contribution in [-0.4, -0.2) is 38.7 Å². The lowest BCUT2D eigenvalue weighted by atomic mass is 9.84. The van der Waals surface area contributed by atoms with Crippen LogP contribution in [0, 0.1) is 5.41 Å². The third-order valence-corrected chi connectivity index (χ3v) is 3.10. The van der Waals surface area contributed by atoms with E-state index >= 15 is 0 Å². The van der Waals surface area contributed by atoms with Gasteiger partial charge in [-0.2, -0.15) is 0 Å². The molecule has 0 unspecified atom stereocenters. The summed E-state index contributed by atoms with van der Waals surface area (Å²) in [6.45, 7) is 6.27. The van der Waals surface area contributed by atoms with Gasteiger partial charge in [0.15, 0.2) is 0 Å². The average molecular weight is 237 g/mol. The maximum atomic E-state index is 12.1. The van der Waals surface area contributed by atoms with E-state index < -0.39 is 0 Å². The van der Waals surface area contributed by atoms with Crippen LogP contribution in [0.2, 0.25) is 0 Å². The molecule has 2 heterocycles. The predicted octanol–water partition coefficient (Wildman–Crippen LogP) is 0.509. The number of hydrogen-bond acceptors (Lipinski definition) is 4. The van der Waals surface area contributed by atoms with E-state index in [0.29, 0.717) is 0 Å². The topological polar surface area (TPSA) is 77.0 Å². The summed E-state index contributed by atoms with van der Waals surface area (Å²) in [6.07, 6.45) is 3.73. The molecule has 1 aromatic rings. The highest BCUT2D eigenvalue weighted by molar-refractivity contribution is 5.76. The van der Waals surface area contributed by atoms with Crippen LogP contribution in [0.25, 0.3) is 0 Å². The lowest BCUT2D eigenvalue weighted by Crippen LogP contribution is -2.44. The Morgan fingerprint density at radius 1 is 1.59 bits per heavy atom. The number of carbonyl (C=O) groups excluding carboxylic acids is 1. The Labute approximate surface area is 101 Å². The van der Waals surface area contributed by atoms with Gasteiger partial charge < -0.3 is 10.6 Å². The largest absolute Gasteiger partial charge is 0.367 e. The summed E-state index contributed by atoms with van der Waals surface area (Å²) in [5.74, 6) is 0.291. The second-order valence-electron chi connectivity index (χ2n) is 5.38. The van der Waals surface area contributed by atoms with Crippen molar-refractivity contribution in [3.63, 3.8) is 0 Å². The molecule has 0 aromatic carbocycles. The van der Waals surface area contributed by atoms with E-state index in [0.717, 1.165) is 19.5 Å². The fourth-order valence-electron chi connectivity index (χ4n) is 2.26. The Bertz CT molecular complexity index is 412. The maximum absolute atomic E-state index is 12.1. The van der Waals surface area contributed by atoms with Crippen molar-refractivity contribution < 1.29 is 4.79 Å². The summed E-state index contributed by atoms with van der Waals surface area (Å²) in [5, 5.41) is 3.92. The number of hydrogen-bond donors (Lipinski definition) is 1. The van der Waals surface area contributed by atoms with Gasteiger partial charge in [0.25, 0.3) is 0 Å². The van der Waals surface area contributed by atoms with Gasteiger partial charge in [0, 0.05) is 13.1 Å². The third-order valence-electron chi connectivity index (χ3n) is 3.10. The zero-order valence-electron chi connectivity index (χ0n) is 10.4. The molecule has 2 N–H and O–H groups in total. The van der Waals surface area contributed by atoms with E-state index in [-0.39, 0.29) is 23.8 Å². The molecule has 0 bridgehead atoms. The van der Waals surface area contributed by atoms with Crippen LogP contribution < -0.4 is 5.73 Å². The van der Waals surface area contributed by atoms with Crippen LogP contribution >= 0.6 is 0 Å². The van der Waals surface area contributed by atoms with Gasteiger partial charge in [-0.15, -0.1) is 5.10 Å². The number of nitrogens with two attached hydrogens (primary N) is 1. The number of rotatable bonds is 2. The normalized spacial score (nSPS) is 19.3. The first-order chi connectivity index (χ1) is 7.96. The average Bonchev–Trinajstić information content (AvgIpc) is 2.62. The first-order valence-corrected chi connectivity index (χ1v) is 5.89. The van der Waals surface area contributed by atoms with E-state index in [1.807, 2.05) is 4.90 Å². The van der Waals surface area contributed by atoms with Gasteiger partial charge in [-0.05, 0) is 18.3 Å². The Morgan fingerprint density at radius 3 is 2.94 bits per heavy atom. The van der Waals surface area contributed by atoms with E-state index in [1.165, 1.54) is 17.4 Å². The lowest BCUT2D eigenvalue weighted by molar-refractivity contribution is -0.135. The maximum Gasteiger partial charge on any atom is 0.244 e. The minimum absolute atomic E-state index is 0.0858. The fourth-order valence-corrected chi connectivity index (χ4v) is 2.26. The number of aromatic nitrogens is 3. The molecule has 6 heteroatoms. The molecule has 0 aliphatic carbocycles. The SMILES string of the molecule is CC1(C)CCCN(C(=O)Cn2cnc(N)n2)C1. The number of amides is 1. The molecule has 17 heavy (non-hydrogen) atoms. The highest BCUT2D eigenvalue weighted by Crippen LogP contribution is 2.28. The second kappa shape index (κ2) is 4.35. The van der Waals surface area contributed by atoms with Crippen molar-refractivity contribution in [3.8, 4) is 0 Å². The van der Waals surface area contributed by atoms with Crippen molar-refractivity contribution in [1.29, 1.82) is 0 Å². The molecule has 94 valence electrons. The smallest absolute Gasteiger partial charge is 0.244 e. The van der Waals surface area contributed by atoms with Crippen LogP contribution in [0.4, 0.5) is 5.95 Å². The number of piperidine rings is 1. The van der Waals surface area contributed by atoms with Gasteiger partial charge in [-0.1, -0.05) is 13.8 Å². The molecule has 1 aliphatic rings. The predicted molar refractivity (Wildman–Crippen MR) is 64.0 cm³/mol.